The third-order valence-corrected chi connectivity index (χ3v) is 5.56. The molecule has 0 amide bonds. The molecule has 0 aromatic rings. The van der Waals surface area contributed by atoms with Crippen LogP contribution < -0.4 is 0 Å². The molecule has 7 heteroatoms. The van der Waals surface area contributed by atoms with E-state index in [1.165, 1.54) is 11.4 Å². The molecule has 68 valence electrons. The van der Waals surface area contributed by atoms with Gasteiger partial charge >= 0.3 is 0 Å². The van der Waals surface area contributed by atoms with Gasteiger partial charge in [-0.3, -0.25) is 0 Å². The number of rotatable bonds is 6. The molecule has 11 heavy (non-hydrogen) atoms. The Kier molecular flexibility index (Phi) is 7.91. The first kappa shape index (κ1) is 12.5. The van der Waals surface area contributed by atoms with Gasteiger partial charge in [-0.2, -0.15) is 0 Å². The number of hydrogen-bond donors (Lipinski definition) is 1. The Morgan fingerprint density at radius 3 is 2.55 bits per heavy atom. The Hall–Kier alpha value is 1.50. The smallest absolute Gasteiger partial charge is 0.244 e. The fourth-order valence-corrected chi connectivity index (χ4v) is 4.08. The molecule has 0 saturated carbocycles. The predicted molar refractivity (Wildman–Crippen MR) is 56.4 cm³/mol. The second kappa shape index (κ2) is 6.96. The molecule has 1 unspecified atom stereocenters. The maximum Gasteiger partial charge on any atom is 0.244 e. The van der Waals surface area contributed by atoms with Gasteiger partial charge in [0, 0.05) is 17.5 Å². The highest BCUT2D eigenvalue weighted by molar-refractivity contribution is 8.67. The van der Waals surface area contributed by atoms with Crippen molar-refractivity contribution < 1.29 is 9.42 Å². The van der Waals surface area contributed by atoms with Crippen LogP contribution in [0.15, 0.2) is 0 Å². The summed E-state index contributed by atoms with van der Waals surface area (Å²) in [5.74, 6) is 1.42. The van der Waals surface area contributed by atoms with E-state index in [4.69, 9.17) is 39.5 Å². The molecule has 0 fully saturated rings. The summed E-state index contributed by atoms with van der Waals surface area (Å²) in [7, 11) is 0. The van der Waals surface area contributed by atoms with Crippen LogP contribution in [-0.2, 0) is 16.3 Å². The average Bonchev–Trinajstić information content (AvgIpc) is 1.97. The van der Waals surface area contributed by atoms with Crippen molar-refractivity contribution in [1.82, 2.24) is 0 Å². The monoisotopic (exact) mass is 254 g/mol. The molecule has 0 aromatic heterocycles. The lowest BCUT2D eigenvalue weighted by Gasteiger charge is -2.12. The fraction of sp³-hybridized carbons (Fsp3) is 1.00. The summed E-state index contributed by atoms with van der Waals surface area (Å²) in [5.41, 5.74) is -2.64. The van der Waals surface area contributed by atoms with E-state index in [9.17, 15) is 4.89 Å². The third-order valence-electron chi connectivity index (χ3n) is 0.663. The Bertz CT molecular complexity index is 134. The maximum absolute atomic E-state index is 9.33. The maximum atomic E-state index is 9.33. The zero-order chi connectivity index (χ0) is 8.74. The second-order valence-electron chi connectivity index (χ2n) is 1.51. The minimum absolute atomic E-state index is 0.296. The van der Waals surface area contributed by atoms with Gasteiger partial charge in [0.15, 0.2) is 0 Å². The lowest BCUT2D eigenvalue weighted by atomic mass is 10.9. The first-order valence-corrected chi connectivity index (χ1v) is 8.19. The fourth-order valence-electron chi connectivity index (χ4n) is 0.337. The van der Waals surface area contributed by atoms with Crippen LogP contribution in [0, 0.1) is 0 Å². The van der Waals surface area contributed by atoms with Gasteiger partial charge in [0.1, 0.15) is 0 Å². The standard InChI is InChI=1S/C4H9Cl2O2PS2/c5-1-3-8-9(7,10)11-4-2-6/h1-4H2,(H,7,10). The zero-order valence-corrected chi connectivity index (χ0v) is 9.74. The van der Waals surface area contributed by atoms with Crippen LogP contribution in [0.2, 0.25) is 0 Å². The van der Waals surface area contributed by atoms with Crippen molar-refractivity contribution in [2.75, 3.05) is 24.1 Å². The van der Waals surface area contributed by atoms with E-state index in [0.29, 0.717) is 24.1 Å². The highest BCUT2D eigenvalue weighted by Gasteiger charge is 2.12. The number of alkyl halides is 2. The van der Waals surface area contributed by atoms with E-state index in [-0.39, 0.29) is 0 Å². The highest BCUT2D eigenvalue weighted by Crippen LogP contribution is 2.55. The first-order valence-electron chi connectivity index (χ1n) is 2.86. The molecule has 0 aromatic carbocycles. The van der Waals surface area contributed by atoms with E-state index in [2.05, 4.69) is 0 Å². The zero-order valence-electron chi connectivity index (χ0n) is 5.70. The van der Waals surface area contributed by atoms with E-state index in [1.54, 1.807) is 0 Å². The lowest BCUT2D eigenvalue weighted by molar-refractivity contribution is 0.343. The summed E-state index contributed by atoms with van der Waals surface area (Å²) in [6, 6.07) is 0. The first-order chi connectivity index (χ1) is 5.12. The van der Waals surface area contributed by atoms with Crippen LogP contribution in [0.5, 0.6) is 0 Å². The van der Waals surface area contributed by atoms with Gasteiger partial charge in [-0.1, -0.05) is 11.4 Å². The molecule has 0 aliphatic rings. The van der Waals surface area contributed by atoms with Crippen molar-refractivity contribution in [3.05, 3.63) is 0 Å². The van der Waals surface area contributed by atoms with Gasteiger partial charge in [-0.05, 0) is 11.8 Å². The van der Waals surface area contributed by atoms with Crippen molar-refractivity contribution in [3.8, 4) is 0 Å². The minimum atomic E-state index is -2.64. The number of halogens is 2. The molecule has 0 heterocycles. The average molecular weight is 255 g/mol. The van der Waals surface area contributed by atoms with Crippen molar-refractivity contribution in [2.45, 2.75) is 0 Å². The largest absolute Gasteiger partial charge is 0.337 e. The molecular weight excluding hydrogens is 246 g/mol. The van der Waals surface area contributed by atoms with Crippen LogP contribution >= 0.6 is 40.3 Å². The third kappa shape index (κ3) is 7.85. The topological polar surface area (TPSA) is 29.5 Å². The Balaban J connectivity index is 3.53. The Morgan fingerprint density at radius 1 is 1.45 bits per heavy atom. The van der Waals surface area contributed by atoms with Gasteiger partial charge in [-0.25, -0.2) is 0 Å². The predicted octanol–water partition coefficient (Wildman–Crippen LogP) is 2.43. The van der Waals surface area contributed by atoms with Gasteiger partial charge in [0.05, 0.1) is 6.61 Å². The molecule has 0 rings (SSSR count). The minimum Gasteiger partial charge on any atom is -0.337 e. The van der Waals surface area contributed by atoms with E-state index >= 15 is 0 Å². The van der Waals surface area contributed by atoms with E-state index in [0.717, 1.165) is 0 Å². The van der Waals surface area contributed by atoms with Crippen molar-refractivity contribution in [3.63, 3.8) is 0 Å². The summed E-state index contributed by atoms with van der Waals surface area (Å²) in [6.07, 6.45) is 0. The molecule has 0 aliphatic carbocycles. The van der Waals surface area contributed by atoms with E-state index in [1.807, 2.05) is 0 Å². The number of hydrogen-bond acceptors (Lipinski definition) is 3. The molecule has 0 spiro atoms. The Morgan fingerprint density at radius 2 is 2.09 bits per heavy atom. The van der Waals surface area contributed by atoms with Crippen molar-refractivity contribution in [2.24, 2.45) is 0 Å². The molecule has 0 radical (unpaired) electrons. The Labute approximate surface area is 85.5 Å². The van der Waals surface area contributed by atoms with Crippen molar-refractivity contribution >= 4 is 52.1 Å². The summed E-state index contributed by atoms with van der Waals surface area (Å²) in [6.45, 7) is 0.296. The SMILES string of the molecule is OP(=S)(OCCCl)SCCCl. The van der Waals surface area contributed by atoms with Crippen molar-refractivity contribution in [1.29, 1.82) is 0 Å². The van der Waals surface area contributed by atoms with Crippen LogP contribution in [0.3, 0.4) is 0 Å². The molecule has 2 nitrogen and oxygen atoms in total. The van der Waals surface area contributed by atoms with E-state index < -0.39 is 5.69 Å². The van der Waals surface area contributed by atoms with Crippen LogP contribution in [-0.4, -0.2) is 29.0 Å². The molecular formula is C4H9Cl2O2PS2. The van der Waals surface area contributed by atoms with Crippen LogP contribution in [0.4, 0.5) is 0 Å². The lowest BCUT2D eigenvalue weighted by Crippen LogP contribution is -1.91. The van der Waals surface area contributed by atoms with Gasteiger partial charge in [0.25, 0.3) is 0 Å². The van der Waals surface area contributed by atoms with Crippen LogP contribution in [0.25, 0.3) is 0 Å². The molecule has 0 aliphatic heterocycles. The van der Waals surface area contributed by atoms with Crippen LogP contribution in [0.1, 0.15) is 0 Å². The quantitative estimate of drug-likeness (QED) is 0.583. The molecule has 1 atom stereocenters. The summed E-state index contributed by atoms with van der Waals surface area (Å²) >= 11 is 16.7. The van der Waals surface area contributed by atoms with Gasteiger partial charge < -0.3 is 9.42 Å². The summed E-state index contributed by atoms with van der Waals surface area (Å²) < 4.78 is 4.93. The summed E-state index contributed by atoms with van der Waals surface area (Å²) in [4.78, 5) is 9.33. The van der Waals surface area contributed by atoms with Gasteiger partial charge in [-0.15, -0.1) is 23.2 Å². The highest BCUT2D eigenvalue weighted by atomic mass is 35.5. The molecule has 1 N–H and O–H groups in total. The normalized spacial score (nSPS) is 16.3. The molecule has 0 bridgehead atoms. The molecule has 0 saturated heterocycles. The second-order valence-corrected chi connectivity index (χ2v) is 8.57. The van der Waals surface area contributed by atoms with Gasteiger partial charge in [0.2, 0.25) is 5.69 Å². The summed E-state index contributed by atoms with van der Waals surface area (Å²) in [5, 5.41) is 0.